The van der Waals surface area contributed by atoms with E-state index in [4.69, 9.17) is 22.1 Å². The lowest BCUT2D eigenvalue weighted by molar-refractivity contribution is -0.665. The maximum atomic E-state index is 10.5. The van der Waals surface area contributed by atoms with Gasteiger partial charge < -0.3 is 9.84 Å². The molecule has 0 aliphatic heterocycles. The number of aliphatic hydroxyl groups excluding tert-OH is 1. The van der Waals surface area contributed by atoms with E-state index < -0.39 is 6.10 Å². The Labute approximate surface area is 171 Å². The van der Waals surface area contributed by atoms with Crippen LogP contribution in [0.3, 0.4) is 0 Å². The molecule has 0 bridgehead atoms. The zero-order chi connectivity index (χ0) is 19.9. The summed E-state index contributed by atoms with van der Waals surface area (Å²) in [4.78, 5) is 0. The first-order valence-corrected chi connectivity index (χ1v) is 10.3. The standard InChI is InChI=1S/C22H28ClN3O2/c1-2-3-4-7-14-25-20-8-5-6-9-21(20)26(22(25)24)15-18(27)16-28-19-12-10-17(23)11-13-19/h5-6,8-13,18,24,27H,2-4,7,14-16H2,1H3/p+1/t18-/m1/s1. The van der Waals surface area contributed by atoms with Crippen LogP contribution in [0.1, 0.15) is 32.6 Å². The second-order valence-electron chi connectivity index (χ2n) is 7.09. The van der Waals surface area contributed by atoms with E-state index in [1.807, 2.05) is 22.8 Å². The van der Waals surface area contributed by atoms with Gasteiger partial charge in [-0.25, -0.2) is 9.13 Å². The monoisotopic (exact) mass is 402 g/mol. The van der Waals surface area contributed by atoms with Crippen LogP contribution < -0.4 is 15.0 Å². The van der Waals surface area contributed by atoms with Gasteiger partial charge in [-0.05, 0) is 42.8 Å². The summed E-state index contributed by atoms with van der Waals surface area (Å²) >= 11 is 5.89. The number of aryl methyl sites for hydroxylation is 1. The lowest BCUT2D eigenvalue weighted by Crippen LogP contribution is -2.43. The van der Waals surface area contributed by atoms with Gasteiger partial charge in [-0.2, -0.15) is 0 Å². The number of rotatable bonds is 10. The number of hydrogen-bond acceptors (Lipinski definition) is 3. The highest BCUT2D eigenvalue weighted by atomic mass is 35.5. The molecule has 3 N–H and O–H groups in total. The van der Waals surface area contributed by atoms with Crippen molar-refractivity contribution in [2.75, 3.05) is 12.3 Å². The van der Waals surface area contributed by atoms with Gasteiger partial charge in [0.05, 0.1) is 6.54 Å². The molecule has 3 rings (SSSR count). The number of halogens is 1. The van der Waals surface area contributed by atoms with Crippen molar-refractivity contribution in [3.05, 3.63) is 53.6 Å². The predicted octanol–water partition coefficient (Wildman–Crippen LogP) is 4.18. The molecule has 3 aromatic rings. The zero-order valence-corrected chi connectivity index (χ0v) is 17.1. The van der Waals surface area contributed by atoms with Crippen LogP contribution in [0.25, 0.3) is 11.0 Å². The largest absolute Gasteiger partial charge is 0.491 e. The minimum atomic E-state index is -0.678. The molecule has 28 heavy (non-hydrogen) atoms. The summed E-state index contributed by atoms with van der Waals surface area (Å²) < 4.78 is 9.80. The first-order chi connectivity index (χ1) is 13.6. The van der Waals surface area contributed by atoms with Gasteiger partial charge in [0.2, 0.25) is 0 Å². The molecule has 0 amide bonds. The van der Waals surface area contributed by atoms with Gasteiger partial charge in [0, 0.05) is 5.02 Å². The molecule has 0 aliphatic rings. The molecule has 0 spiro atoms. The summed E-state index contributed by atoms with van der Waals surface area (Å²) in [7, 11) is 0. The van der Waals surface area contributed by atoms with Crippen LogP contribution >= 0.6 is 11.6 Å². The summed E-state index contributed by atoms with van der Waals surface area (Å²) in [6.07, 6.45) is 4.06. The van der Waals surface area contributed by atoms with Gasteiger partial charge >= 0.3 is 5.95 Å². The number of nitrogens with two attached hydrogens (primary N) is 1. The van der Waals surface area contributed by atoms with Crippen LogP contribution in [0.15, 0.2) is 48.5 Å². The van der Waals surface area contributed by atoms with Gasteiger partial charge in [0.15, 0.2) is 0 Å². The second-order valence-corrected chi connectivity index (χ2v) is 7.53. The van der Waals surface area contributed by atoms with E-state index in [2.05, 4.69) is 17.6 Å². The summed E-state index contributed by atoms with van der Waals surface area (Å²) in [6, 6.07) is 15.3. The van der Waals surface area contributed by atoms with Crippen molar-refractivity contribution in [1.82, 2.24) is 4.57 Å². The zero-order valence-electron chi connectivity index (χ0n) is 16.4. The molecule has 1 heterocycles. The molecule has 1 atom stereocenters. The molecule has 0 saturated carbocycles. The Morgan fingerprint density at radius 1 is 1.11 bits per heavy atom. The van der Waals surface area contributed by atoms with Gasteiger partial charge in [-0.1, -0.05) is 49.9 Å². The highest BCUT2D eigenvalue weighted by molar-refractivity contribution is 6.30. The molecule has 0 unspecified atom stereocenters. The van der Waals surface area contributed by atoms with Crippen molar-refractivity contribution in [2.45, 2.75) is 51.8 Å². The summed E-state index contributed by atoms with van der Waals surface area (Å²) in [5.74, 6) is 1.35. The SMILES string of the molecule is CCCCCCn1c(N)[n+](C[C@@H](O)COc2ccc(Cl)cc2)c2ccccc21. The molecule has 0 aliphatic carbocycles. The first-order valence-electron chi connectivity index (χ1n) is 9.93. The molecule has 0 radical (unpaired) electrons. The van der Waals surface area contributed by atoms with Crippen LogP contribution in [0.2, 0.25) is 5.02 Å². The van der Waals surface area contributed by atoms with Crippen LogP contribution in [-0.4, -0.2) is 22.4 Å². The number of benzene rings is 2. The van der Waals surface area contributed by atoms with E-state index in [0.29, 0.717) is 23.3 Å². The number of hydrogen-bond donors (Lipinski definition) is 2. The molecule has 5 nitrogen and oxygen atoms in total. The molecule has 0 saturated heterocycles. The summed E-state index contributed by atoms with van der Waals surface area (Å²) in [5, 5.41) is 11.2. The fourth-order valence-electron chi connectivity index (χ4n) is 3.42. The molecular weight excluding hydrogens is 374 g/mol. The number of aliphatic hydroxyl groups is 1. The molecular formula is C22H29ClN3O2+. The number of para-hydroxylation sites is 2. The summed E-state index contributed by atoms with van der Waals surface area (Å²) in [6.45, 7) is 3.66. The van der Waals surface area contributed by atoms with E-state index >= 15 is 0 Å². The Kier molecular flexibility index (Phi) is 7.18. The number of nitrogens with zero attached hydrogens (tertiary/aromatic N) is 2. The fraction of sp³-hybridized carbons (Fsp3) is 0.409. The number of aromatic nitrogens is 2. The van der Waals surface area contributed by atoms with Crippen molar-refractivity contribution in [3.8, 4) is 5.75 Å². The van der Waals surface area contributed by atoms with Crippen molar-refractivity contribution >= 4 is 28.6 Å². The molecule has 2 aromatic carbocycles. The number of anilines is 1. The van der Waals surface area contributed by atoms with Crippen molar-refractivity contribution < 1.29 is 14.4 Å². The van der Waals surface area contributed by atoms with E-state index in [9.17, 15) is 5.11 Å². The molecule has 150 valence electrons. The summed E-state index contributed by atoms with van der Waals surface area (Å²) in [5.41, 5.74) is 8.59. The van der Waals surface area contributed by atoms with Gasteiger partial charge in [-0.3, -0.25) is 5.73 Å². The Hall–Kier alpha value is -2.24. The number of fused-ring (bicyclic) bond motifs is 1. The van der Waals surface area contributed by atoms with E-state index in [0.717, 1.165) is 24.0 Å². The Morgan fingerprint density at radius 2 is 1.86 bits per heavy atom. The first kappa shape index (κ1) is 20.5. The molecule has 1 aromatic heterocycles. The fourth-order valence-corrected chi connectivity index (χ4v) is 3.55. The number of ether oxygens (including phenoxy) is 1. The highest BCUT2D eigenvalue weighted by Crippen LogP contribution is 2.18. The Bertz CT molecular complexity index is 893. The second kappa shape index (κ2) is 9.80. The van der Waals surface area contributed by atoms with Crippen molar-refractivity contribution in [3.63, 3.8) is 0 Å². The van der Waals surface area contributed by atoms with Crippen LogP contribution in [0, 0.1) is 0 Å². The van der Waals surface area contributed by atoms with Gasteiger partial charge in [0.25, 0.3) is 0 Å². The van der Waals surface area contributed by atoms with Crippen molar-refractivity contribution in [2.24, 2.45) is 0 Å². The van der Waals surface area contributed by atoms with Crippen molar-refractivity contribution in [1.29, 1.82) is 0 Å². The Balaban J connectivity index is 1.70. The van der Waals surface area contributed by atoms with Gasteiger partial charge in [0.1, 0.15) is 36.0 Å². The molecule has 0 fully saturated rings. The van der Waals surface area contributed by atoms with Crippen LogP contribution in [-0.2, 0) is 13.1 Å². The third-order valence-corrected chi connectivity index (χ3v) is 5.15. The predicted molar refractivity (Wildman–Crippen MR) is 114 cm³/mol. The lowest BCUT2D eigenvalue weighted by Gasteiger charge is -2.12. The maximum absolute atomic E-state index is 10.5. The van der Waals surface area contributed by atoms with Crippen LogP contribution in [0.5, 0.6) is 5.75 Å². The minimum Gasteiger partial charge on any atom is -0.491 e. The Morgan fingerprint density at radius 3 is 2.61 bits per heavy atom. The maximum Gasteiger partial charge on any atom is 0.356 e. The third-order valence-electron chi connectivity index (χ3n) is 4.90. The molecule has 6 heteroatoms. The average Bonchev–Trinajstić information content (AvgIpc) is 2.96. The average molecular weight is 403 g/mol. The number of imidazole rings is 1. The normalized spacial score (nSPS) is 12.4. The topological polar surface area (TPSA) is 64.3 Å². The van der Waals surface area contributed by atoms with E-state index in [-0.39, 0.29) is 6.61 Å². The van der Waals surface area contributed by atoms with Crippen LogP contribution in [0.4, 0.5) is 5.95 Å². The highest BCUT2D eigenvalue weighted by Gasteiger charge is 2.22. The minimum absolute atomic E-state index is 0.185. The lowest BCUT2D eigenvalue weighted by atomic mass is 10.2. The van der Waals surface area contributed by atoms with Gasteiger partial charge in [-0.15, -0.1) is 0 Å². The number of unbranched alkanes of at least 4 members (excludes halogenated alkanes) is 3. The number of nitrogen functional groups attached to an aromatic ring is 1. The smallest absolute Gasteiger partial charge is 0.356 e. The van der Waals surface area contributed by atoms with E-state index in [1.165, 1.54) is 19.3 Å². The third kappa shape index (κ3) is 4.97. The van der Waals surface area contributed by atoms with E-state index in [1.54, 1.807) is 24.3 Å². The quantitative estimate of drug-likeness (QED) is 0.395.